The van der Waals surface area contributed by atoms with Gasteiger partial charge in [0.2, 0.25) is 0 Å². The van der Waals surface area contributed by atoms with Crippen LogP contribution in [0.15, 0.2) is 42.5 Å². The van der Waals surface area contributed by atoms with Crippen LogP contribution in [0, 0.1) is 30.1 Å². The molecule has 6 atom stereocenters. The van der Waals surface area contributed by atoms with Crippen LogP contribution in [0.1, 0.15) is 82.4 Å². The minimum Gasteiger partial charge on any atom is -0.508 e. The summed E-state index contributed by atoms with van der Waals surface area (Å²) in [6.45, 7) is 11.0. The summed E-state index contributed by atoms with van der Waals surface area (Å²) in [5.74, 6) is 4.12. The first-order valence-electron chi connectivity index (χ1n) is 12.6. The van der Waals surface area contributed by atoms with Crippen LogP contribution >= 0.6 is 0 Å². The molecule has 0 heterocycles. The van der Waals surface area contributed by atoms with E-state index in [0.717, 1.165) is 30.4 Å². The summed E-state index contributed by atoms with van der Waals surface area (Å²) >= 11 is 0. The van der Waals surface area contributed by atoms with Crippen LogP contribution in [0.25, 0.3) is 0 Å². The molecule has 2 nitrogen and oxygen atoms in total. The summed E-state index contributed by atoms with van der Waals surface area (Å²) in [5, 5.41) is 10.0. The molecule has 0 saturated heterocycles. The second-order valence-corrected chi connectivity index (χ2v) is 9.96. The van der Waals surface area contributed by atoms with Crippen molar-refractivity contribution in [3.05, 3.63) is 59.2 Å². The molecular formula is C29H40O2. The van der Waals surface area contributed by atoms with Crippen molar-refractivity contribution in [1.82, 2.24) is 0 Å². The lowest BCUT2D eigenvalue weighted by Gasteiger charge is -2.55. The highest BCUT2D eigenvalue weighted by Crippen LogP contribution is 2.64. The van der Waals surface area contributed by atoms with Gasteiger partial charge in [-0.3, -0.25) is 0 Å². The fraction of sp³-hybridized carbons (Fsp3) is 0.586. The van der Waals surface area contributed by atoms with Crippen molar-refractivity contribution in [3.8, 4) is 11.5 Å². The van der Waals surface area contributed by atoms with Crippen molar-refractivity contribution >= 4 is 0 Å². The minimum absolute atomic E-state index is 0.211. The molecule has 0 amide bonds. The molecule has 31 heavy (non-hydrogen) atoms. The Morgan fingerprint density at radius 1 is 1.03 bits per heavy atom. The monoisotopic (exact) mass is 420 g/mol. The number of hydrogen-bond donors (Lipinski definition) is 1. The number of rotatable bonds is 3. The Labute approximate surface area is 189 Å². The predicted octanol–water partition coefficient (Wildman–Crippen LogP) is 7.67. The molecule has 5 rings (SSSR count). The second-order valence-electron chi connectivity index (χ2n) is 9.96. The standard InChI is InChI=1S/C27H34O2.C2H6/c1-4-27-16-25(29-21-10-5-17(2)6-11-21)26-22-13-9-20(28)15-19(22)8-12-23(26)24(27)14-7-18(27)3;1-2/h5-6,9-11,13,15,18,23-26,28H,4,7-8,12,14,16H2,1-3H3;1-2H3. The van der Waals surface area contributed by atoms with Crippen LogP contribution in [0.2, 0.25) is 0 Å². The van der Waals surface area contributed by atoms with Crippen LogP contribution in [-0.2, 0) is 6.42 Å². The third-order valence-corrected chi connectivity index (χ3v) is 8.79. The van der Waals surface area contributed by atoms with E-state index in [1.165, 1.54) is 42.4 Å². The molecule has 3 aliphatic rings. The number of phenolic OH excluding ortho intramolecular Hbond substituents is 1. The molecule has 0 radical (unpaired) electrons. The normalized spacial score (nSPS) is 33.4. The zero-order valence-corrected chi connectivity index (χ0v) is 20.0. The molecule has 168 valence electrons. The van der Waals surface area contributed by atoms with Gasteiger partial charge in [-0.2, -0.15) is 0 Å². The summed E-state index contributed by atoms with van der Waals surface area (Å²) in [5.41, 5.74) is 4.45. The van der Waals surface area contributed by atoms with Crippen LogP contribution < -0.4 is 4.74 Å². The second kappa shape index (κ2) is 8.88. The number of hydrogen-bond acceptors (Lipinski definition) is 2. The van der Waals surface area contributed by atoms with E-state index in [4.69, 9.17) is 4.74 Å². The Hall–Kier alpha value is -1.96. The minimum atomic E-state index is 0.211. The Bertz CT molecular complexity index is 886. The average molecular weight is 421 g/mol. The molecule has 2 aromatic rings. The lowest BCUT2D eigenvalue weighted by molar-refractivity contribution is -0.0540. The SMILES string of the molecule is CC.CCC12CC(Oc3ccc(C)cc3)C3c4ccc(O)cc4CCC3C1CCC2C. The molecule has 0 spiro atoms. The molecule has 0 aliphatic heterocycles. The van der Waals surface area contributed by atoms with Gasteiger partial charge in [-0.15, -0.1) is 0 Å². The molecule has 2 fully saturated rings. The van der Waals surface area contributed by atoms with E-state index in [-0.39, 0.29) is 6.10 Å². The van der Waals surface area contributed by atoms with Gasteiger partial charge in [0.05, 0.1) is 0 Å². The summed E-state index contributed by atoms with van der Waals surface area (Å²) in [7, 11) is 0. The van der Waals surface area contributed by atoms with Gasteiger partial charge in [0, 0.05) is 5.92 Å². The van der Waals surface area contributed by atoms with Crippen molar-refractivity contribution in [2.24, 2.45) is 23.2 Å². The third-order valence-electron chi connectivity index (χ3n) is 8.79. The van der Waals surface area contributed by atoms with Gasteiger partial charge in [0.15, 0.2) is 0 Å². The Balaban J connectivity index is 0.00000112. The van der Waals surface area contributed by atoms with Crippen molar-refractivity contribution in [2.45, 2.75) is 85.2 Å². The molecule has 3 aliphatic carbocycles. The fourth-order valence-corrected chi connectivity index (χ4v) is 7.32. The predicted molar refractivity (Wildman–Crippen MR) is 129 cm³/mol. The molecular weight excluding hydrogens is 380 g/mol. The van der Waals surface area contributed by atoms with Crippen LogP contribution in [0.3, 0.4) is 0 Å². The van der Waals surface area contributed by atoms with Gasteiger partial charge in [-0.25, -0.2) is 0 Å². The van der Waals surface area contributed by atoms with Gasteiger partial charge < -0.3 is 9.84 Å². The fourth-order valence-electron chi connectivity index (χ4n) is 7.32. The molecule has 0 bridgehead atoms. The molecule has 1 N–H and O–H groups in total. The number of phenols is 1. The van der Waals surface area contributed by atoms with E-state index < -0.39 is 0 Å². The van der Waals surface area contributed by atoms with Crippen molar-refractivity contribution < 1.29 is 9.84 Å². The average Bonchev–Trinajstić information content (AvgIpc) is 3.13. The van der Waals surface area contributed by atoms with E-state index in [1.54, 1.807) is 0 Å². The Kier molecular flexibility index (Phi) is 6.37. The third kappa shape index (κ3) is 3.77. The topological polar surface area (TPSA) is 29.5 Å². The highest BCUT2D eigenvalue weighted by Gasteiger charge is 2.58. The van der Waals surface area contributed by atoms with Crippen molar-refractivity contribution in [3.63, 3.8) is 0 Å². The largest absolute Gasteiger partial charge is 0.508 e. The lowest BCUT2D eigenvalue weighted by Crippen LogP contribution is -2.51. The maximum absolute atomic E-state index is 10.0. The number of aromatic hydroxyl groups is 1. The zero-order chi connectivity index (χ0) is 22.2. The summed E-state index contributed by atoms with van der Waals surface area (Å²) < 4.78 is 6.79. The van der Waals surface area contributed by atoms with Gasteiger partial charge >= 0.3 is 0 Å². The first-order valence-corrected chi connectivity index (χ1v) is 12.6. The van der Waals surface area contributed by atoms with Crippen LogP contribution in [0.4, 0.5) is 0 Å². The van der Waals surface area contributed by atoms with Gasteiger partial charge in [-0.05, 0) is 104 Å². The lowest BCUT2D eigenvalue weighted by atomic mass is 9.52. The first-order chi connectivity index (χ1) is 15.0. The zero-order valence-electron chi connectivity index (χ0n) is 20.0. The van der Waals surface area contributed by atoms with Gasteiger partial charge in [0.1, 0.15) is 17.6 Å². The Morgan fingerprint density at radius 3 is 2.48 bits per heavy atom. The number of fused-ring (bicyclic) bond motifs is 5. The smallest absolute Gasteiger partial charge is 0.119 e. The van der Waals surface area contributed by atoms with Gasteiger partial charge in [0.25, 0.3) is 0 Å². The molecule has 0 aromatic heterocycles. The maximum Gasteiger partial charge on any atom is 0.119 e. The van der Waals surface area contributed by atoms with Crippen molar-refractivity contribution in [2.75, 3.05) is 0 Å². The maximum atomic E-state index is 10.0. The molecule has 2 heteroatoms. The van der Waals surface area contributed by atoms with E-state index >= 15 is 0 Å². The highest BCUT2D eigenvalue weighted by atomic mass is 16.5. The molecule has 2 saturated carbocycles. The number of aryl methyl sites for hydroxylation is 2. The molecule has 6 unspecified atom stereocenters. The first kappa shape index (κ1) is 22.2. The van der Waals surface area contributed by atoms with Crippen LogP contribution in [-0.4, -0.2) is 11.2 Å². The quantitative estimate of drug-likeness (QED) is 0.552. The van der Waals surface area contributed by atoms with Crippen molar-refractivity contribution in [1.29, 1.82) is 0 Å². The Morgan fingerprint density at radius 2 is 1.77 bits per heavy atom. The number of benzene rings is 2. The van der Waals surface area contributed by atoms with E-state index in [1.807, 2.05) is 26.0 Å². The van der Waals surface area contributed by atoms with Crippen LogP contribution in [0.5, 0.6) is 11.5 Å². The van der Waals surface area contributed by atoms with E-state index in [2.05, 4.69) is 51.1 Å². The summed E-state index contributed by atoms with van der Waals surface area (Å²) in [6, 6.07) is 14.6. The molecule has 2 aromatic carbocycles. The number of ether oxygens (including phenoxy) is 1. The highest BCUT2D eigenvalue weighted by molar-refractivity contribution is 5.41. The summed E-state index contributed by atoms with van der Waals surface area (Å²) in [4.78, 5) is 0. The van der Waals surface area contributed by atoms with E-state index in [9.17, 15) is 5.11 Å². The van der Waals surface area contributed by atoms with Gasteiger partial charge in [-0.1, -0.05) is 51.5 Å². The van der Waals surface area contributed by atoms with E-state index in [0.29, 0.717) is 23.0 Å². The summed E-state index contributed by atoms with van der Waals surface area (Å²) in [6.07, 6.45) is 7.69.